The Hall–Kier alpha value is -2.62. The van der Waals surface area contributed by atoms with Crippen LogP contribution >= 0.6 is 0 Å². The van der Waals surface area contributed by atoms with Crippen molar-refractivity contribution in [2.75, 3.05) is 6.54 Å². The van der Waals surface area contributed by atoms with E-state index < -0.39 is 0 Å². The molecule has 0 bridgehead atoms. The molecule has 0 aliphatic rings. The van der Waals surface area contributed by atoms with Crippen LogP contribution in [0.4, 0.5) is 0 Å². The highest BCUT2D eigenvalue weighted by Crippen LogP contribution is 2.17. The second-order valence-corrected chi connectivity index (χ2v) is 5.35. The predicted octanol–water partition coefficient (Wildman–Crippen LogP) is 2.70. The molecule has 0 saturated carbocycles. The number of amides is 1. The van der Waals surface area contributed by atoms with Gasteiger partial charge in [0.15, 0.2) is 0 Å². The van der Waals surface area contributed by atoms with Gasteiger partial charge in [-0.15, -0.1) is 0 Å². The van der Waals surface area contributed by atoms with E-state index in [1.54, 1.807) is 4.68 Å². The third kappa shape index (κ3) is 3.17. The molecule has 112 valence electrons. The molecule has 1 N–H and O–H groups in total. The van der Waals surface area contributed by atoms with Crippen molar-refractivity contribution in [3.8, 4) is 0 Å². The molecule has 1 aromatic heterocycles. The molecule has 0 spiro atoms. The Labute approximate surface area is 129 Å². The number of rotatable bonds is 5. The van der Waals surface area contributed by atoms with Gasteiger partial charge < -0.3 is 5.32 Å². The molecule has 22 heavy (non-hydrogen) atoms. The van der Waals surface area contributed by atoms with Crippen LogP contribution in [0, 0.1) is 6.92 Å². The van der Waals surface area contributed by atoms with Crippen LogP contribution in [0.3, 0.4) is 0 Å². The summed E-state index contributed by atoms with van der Waals surface area (Å²) in [4.78, 5) is 12.1. The van der Waals surface area contributed by atoms with Crippen LogP contribution in [0.15, 0.2) is 54.6 Å². The maximum absolute atomic E-state index is 12.1. The molecule has 0 aliphatic heterocycles. The summed E-state index contributed by atoms with van der Waals surface area (Å²) in [6.07, 6.45) is 0.839. The Balaban J connectivity index is 1.59. The summed E-state index contributed by atoms with van der Waals surface area (Å²) in [6, 6.07) is 18.1. The van der Waals surface area contributed by atoms with E-state index in [0.717, 1.165) is 23.0 Å². The largest absolute Gasteiger partial charge is 0.354 e. The third-order valence-electron chi connectivity index (χ3n) is 3.71. The van der Waals surface area contributed by atoms with Crippen LogP contribution in [-0.2, 0) is 17.8 Å². The zero-order chi connectivity index (χ0) is 15.4. The van der Waals surface area contributed by atoms with Crippen molar-refractivity contribution in [2.24, 2.45) is 0 Å². The summed E-state index contributed by atoms with van der Waals surface area (Å²) in [5, 5.41) is 8.50. The van der Waals surface area contributed by atoms with E-state index >= 15 is 0 Å². The minimum atomic E-state index is -0.0100. The fourth-order valence-corrected chi connectivity index (χ4v) is 2.60. The lowest BCUT2D eigenvalue weighted by atomic mass is 10.1. The molecule has 4 heteroatoms. The summed E-state index contributed by atoms with van der Waals surface area (Å²) in [5.41, 5.74) is 3.18. The Morgan fingerprint density at radius 2 is 1.82 bits per heavy atom. The highest BCUT2D eigenvalue weighted by atomic mass is 16.2. The number of nitrogens with zero attached hydrogens (tertiary/aromatic N) is 2. The molecule has 4 nitrogen and oxygen atoms in total. The fourth-order valence-electron chi connectivity index (χ4n) is 2.60. The first-order valence-corrected chi connectivity index (χ1v) is 7.47. The SMILES string of the molecule is Cc1nn(CC(=O)NCCc2ccccc2)c2ccccc12. The van der Waals surface area contributed by atoms with E-state index in [2.05, 4.69) is 22.5 Å². The lowest BCUT2D eigenvalue weighted by molar-refractivity contribution is -0.121. The van der Waals surface area contributed by atoms with E-state index in [1.807, 2.05) is 49.4 Å². The standard InChI is InChI=1S/C18H19N3O/c1-14-16-9-5-6-10-17(16)21(20-14)13-18(22)19-12-11-15-7-3-2-4-8-15/h2-10H,11-13H2,1H3,(H,19,22). The number of fused-ring (bicyclic) bond motifs is 1. The molecule has 1 heterocycles. The Morgan fingerprint density at radius 1 is 1.09 bits per heavy atom. The van der Waals surface area contributed by atoms with Gasteiger partial charge in [-0.1, -0.05) is 48.5 Å². The predicted molar refractivity (Wildman–Crippen MR) is 87.6 cm³/mol. The van der Waals surface area contributed by atoms with Crippen molar-refractivity contribution in [2.45, 2.75) is 19.9 Å². The number of para-hydroxylation sites is 1. The molecule has 0 radical (unpaired) electrons. The molecule has 3 aromatic rings. The quantitative estimate of drug-likeness (QED) is 0.786. The summed E-state index contributed by atoms with van der Waals surface area (Å²) < 4.78 is 1.77. The van der Waals surface area contributed by atoms with Gasteiger partial charge in [0.05, 0.1) is 11.2 Å². The van der Waals surface area contributed by atoms with Crippen LogP contribution in [0.2, 0.25) is 0 Å². The maximum Gasteiger partial charge on any atom is 0.241 e. The van der Waals surface area contributed by atoms with Crippen molar-refractivity contribution in [3.63, 3.8) is 0 Å². The monoisotopic (exact) mass is 293 g/mol. The summed E-state index contributed by atoms with van der Waals surface area (Å²) >= 11 is 0. The van der Waals surface area contributed by atoms with Gasteiger partial charge in [0.2, 0.25) is 5.91 Å². The number of hydrogen-bond donors (Lipinski definition) is 1. The van der Waals surface area contributed by atoms with Crippen molar-refractivity contribution in [3.05, 3.63) is 65.9 Å². The number of benzene rings is 2. The highest BCUT2D eigenvalue weighted by Gasteiger charge is 2.09. The van der Waals surface area contributed by atoms with Crippen molar-refractivity contribution in [1.82, 2.24) is 15.1 Å². The summed E-state index contributed by atoms with van der Waals surface area (Å²) in [6.45, 7) is 2.86. The van der Waals surface area contributed by atoms with E-state index in [4.69, 9.17) is 0 Å². The number of hydrogen-bond acceptors (Lipinski definition) is 2. The lowest BCUT2D eigenvalue weighted by Gasteiger charge is -2.06. The van der Waals surface area contributed by atoms with E-state index in [-0.39, 0.29) is 12.5 Å². The van der Waals surface area contributed by atoms with Crippen molar-refractivity contribution >= 4 is 16.8 Å². The van der Waals surface area contributed by atoms with E-state index in [9.17, 15) is 4.79 Å². The first kappa shape index (κ1) is 14.3. The molecule has 0 fully saturated rings. The summed E-state index contributed by atoms with van der Waals surface area (Å²) in [5.74, 6) is -0.0100. The average molecular weight is 293 g/mol. The second-order valence-electron chi connectivity index (χ2n) is 5.35. The van der Waals surface area contributed by atoms with Crippen LogP contribution in [-0.4, -0.2) is 22.2 Å². The molecule has 0 saturated heterocycles. The topological polar surface area (TPSA) is 46.9 Å². The molecular formula is C18H19N3O. The van der Waals surface area contributed by atoms with Gasteiger partial charge in [-0.2, -0.15) is 5.10 Å². The minimum absolute atomic E-state index is 0.0100. The van der Waals surface area contributed by atoms with Crippen LogP contribution in [0.1, 0.15) is 11.3 Å². The van der Waals surface area contributed by atoms with E-state index in [0.29, 0.717) is 6.54 Å². The Bertz CT molecular complexity index is 777. The van der Waals surface area contributed by atoms with E-state index in [1.165, 1.54) is 5.56 Å². The minimum Gasteiger partial charge on any atom is -0.354 e. The Morgan fingerprint density at radius 3 is 2.64 bits per heavy atom. The Kier molecular flexibility index (Phi) is 4.19. The number of nitrogens with one attached hydrogen (secondary N) is 1. The molecule has 0 aliphatic carbocycles. The smallest absolute Gasteiger partial charge is 0.241 e. The molecule has 2 aromatic carbocycles. The van der Waals surface area contributed by atoms with Gasteiger partial charge in [-0.25, -0.2) is 0 Å². The van der Waals surface area contributed by atoms with Crippen LogP contribution < -0.4 is 5.32 Å². The third-order valence-corrected chi connectivity index (χ3v) is 3.71. The van der Waals surface area contributed by atoms with Gasteiger partial charge in [-0.05, 0) is 25.0 Å². The number of carbonyl (C=O) groups excluding carboxylic acids is 1. The number of aryl methyl sites for hydroxylation is 1. The van der Waals surface area contributed by atoms with Gasteiger partial charge in [0.25, 0.3) is 0 Å². The second kappa shape index (κ2) is 6.43. The molecule has 3 rings (SSSR count). The fraction of sp³-hybridized carbons (Fsp3) is 0.222. The average Bonchev–Trinajstić information content (AvgIpc) is 2.85. The van der Waals surface area contributed by atoms with Crippen molar-refractivity contribution < 1.29 is 4.79 Å². The number of aromatic nitrogens is 2. The zero-order valence-corrected chi connectivity index (χ0v) is 12.6. The highest BCUT2D eigenvalue weighted by molar-refractivity contribution is 5.84. The summed E-state index contributed by atoms with van der Waals surface area (Å²) in [7, 11) is 0. The van der Waals surface area contributed by atoms with Crippen molar-refractivity contribution in [1.29, 1.82) is 0 Å². The molecule has 1 amide bonds. The first-order chi connectivity index (χ1) is 10.7. The first-order valence-electron chi connectivity index (χ1n) is 7.47. The van der Waals surface area contributed by atoms with Crippen LogP contribution in [0.25, 0.3) is 10.9 Å². The van der Waals surface area contributed by atoms with Crippen LogP contribution in [0.5, 0.6) is 0 Å². The van der Waals surface area contributed by atoms with Gasteiger partial charge >= 0.3 is 0 Å². The van der Waals surface area contributed by atoms with Gasteiger partial charge in [0, 0.05) is 11.9 Å². The normalized spacial score (nSPS) is 10.8. The number of carbonyl (C=O) groups is 1. The van der Waals surface area contributed by atoms with Gasteiger partial charge in [-0.3, -0.25) is 9.48 Å². The van der Waals surface area contributed by atoms with Gasteiger partial charge in [0.1, 0.15) is 6.54 Å². The maximum atomic E-state index is 12.1. The molecule has 0 atom stereocenters. The molecule has 0 unspecified atom stereocenters. The lowest BCUT2D eigenvalue weighted by Crippen LogP contribution is -2.29. The molecular weight excluding hydrogens is 274 g/mol. The zero-order valence-electron chi connectivity index (χ0n) is 12.6.